The molecule has 6 aliphatic rings. The van der Waals surface area contributed by atoms with Crippen LogP contribution in [0.25, 0.3) is 0 Å². The molecule has 4 nitrogen and oxygen atoms in total. The second kappa shape index (κ2) is 5.77. The van der Waals surface area contributed by atoms with Gasteiger partial charge in [-0.3, -0.25) is 4.90 Å². The molecule has 2 aliphatic heterocycles. The molecule has 4 unspecified atom stereocenters. The highest BCUT2D eigenvalue weighted by Gasteiger charge is 2.61. The molecule has 6 rings (SSSR count). The fourth-order valence-electron chi connectivity index (χ4n) is 8.39. The average Bonchev–Trinajstić information content (AvgIpc) is 2.48. The van der Waals surface area contributed by atoms with E-state index in [1.165, 1.54) is 38.5 Å². The molecule has 6 bridgehead atoms. The number of hydrogen-bond acceptors (Lipinski definition) is 3. The first-order chi connectivity index (χ1) is 13.0. The molecule has 4 atom stereocenters. The van der Waals surface area contributed by atoms with Gasteiger partial charge < -0.3 is 9.47 Å². The number of amides is 1. The lowest BCUT2D eigenvalue weighted by molar-refractivity contribution is -0.134. The van der Waals surface area contributed by atoms with Crippen LogP contribution in [0, 0.1) is 22.2 Å². The van der Waals surface area contributed by atoms with Crippen LogP contribution in [0.2, 0.25) is 0 Å². The highest BCUT2D eigenvalue weighted by Crippen LogP contribution is 2.72. The predicted octanol–water partition coefficient (Wildman–Crippen LogP) is 5.32. The van der Waals surface area contributed by atoms with Crippen molar-refractivity contribution in [1.82, 2.24) is 4.90 Å². The lowest BCUT2D eigenvalue weighted by Gasteiger charge is -2.67. The van der Waals surface area contributed by atoms with E-state index in [-0.39, 0.29) is 18.2 Å². The van der Waals surface area contributed by atoms with Crippen molar-refractivity contribution in [2.24, 2.45) is 22.2 Å². The molecule has 2 heterocycles. The van der Waals surface area contributed by atoms with Gasteiger partial charge in [-0.1, -0.05) is 25.5 Å². The molecule has 0 N–H and O–H groups in total. The number of ether oxygens (including phenoxy) is 2. The maximum atomic E-state index is 12.9. The summed E-state index contributed by atoms with van der Waals surface area (Å²) >= 11 is 0. The Labute approximate surface area is 170 Å². The van der Waals surface area contributed by atoms with Gasteiger partial charge in [-0.25, -0.2) is 4.79 Å². The Morgan fingerprint density at radius 1 is 1.11 bits per heavy atom. The zero-order valence-corrected chi connectivity index (χ0v) is 18.3. The molecule has 0 aromatic carbocycles. The van der Waals surface area contributed by atoms with Gasteiger partial charge in [0.25, 0.3) is 0 Å². The Balaban J connectivity index is 1.46. The van der Waals surface area contributed by atoms with E-state index in [1.54, 1.807) is 5.57 Å². The highest BCUT2D eigenvalue weighted by molar-refractivity contribution is 5.70. The van der Waals surface area contributed by atoms with E-state index in [1.807, 2.05) is 25.7 Å². The van der Waals surface area contributed by atoms with Crippen LogP contribution in [0.3, 0.4) is 0 Å². The van der Waals surface area contributed by atoms with Gasteiger partial charge in [-0.05, 0) is 87.9 Å². The number of nitrogens with zero attached hydrogens (tertiary/aromatic N) is 1. The van der Waals surface area contributed by atoms with E-state index in [0.29, 0.717) is 29.5 Å². The quantitative estimate of drug-likeness (QED) is 0.572. The van der Waals surface area contributed by atoms with E-state index in [9.17, 15) is 4.79 Å². The van der Waals surface area contributed by atoms with Crippen LogP contribution in [0.5, 0.6) is 0 Å². The van der Waals surface area contributed by atoms with Gasteiger partial charge in [0, 0.05) is 0 Å². The van der Waals surface area contributed by atoms with E-state index in [0.717, 1.165) is 12.3 Å². The van der Waals surface area contributed by atoms with Gasteiger partial charge >= 0.3 is 6.09 Å². The summed E-state index contributed by atoms with van der Waals surface area (Å²) in [5.41, 5.74) is 2.59. The van der Waals surface area contributed by atoms with Gasteiger partial charge in [-0.15, -0.1) is 0 Å². The van der Waals surface area contributed by atoms with Crippen molar-refractivity contribution >= 4 is 6.09 Å². The van der Waals surface area contributed by atoms with Crippen molar-refractivity contribution in [1.29, 1.82) is 0 Å². The molecule has 1 amide bonds. The third kappa shape index (κ3) is 3.02. The van der Waals surface area contributed by atoms with Crippen LogP contribution < -0.4 is 0 Å². The van der Waals surface area contributed by atoms with Crippen molar-refractivity contribution in [2.75, 3.05) is 13.2 Å². The zero-order chi connectivity index (χ0) is 19.9. The summed E-state index contributed by atoms with van der Waals surface area (Å²) in [6, 6.07) is 0.160. The maximum absolute atomic E-state index is 12.9. The maximum Gasteiger partial charge on any atom is 0.411 e. The number of rotatable bonds is 1. The van der Waals surface area contributed by atoms with E-state index < -0.39 is 5.60 Å². The molecular formula is C24H37NO3. The summed E-state index contributed by atoms with van der Waals surface area (Å²) in [5.74, 6) is 0.895. The highest BCUT2D eigenvalue weighted by atomic mass is 16.6. The molecule has 4 heteroatoms. The van der Waals surface area contributed by atoms with Crippen molar-refractivity contribution in [3.05, 3.63) is 11.6 Å². The minimum Gasteiger partial charge on any atom is -0.444 e. The Morgan fingerprint density at radius 3 is 2.36 bits per heavy atom. The molecule has 0 spiro atoms. The number of fused-ring (bicyclic) bond motifs is 2. The summed E-state index contributed by atoms with van der Waals surface area (Å²) < 4.78 is 11.6. The predicted molar refractivity (Wildman–Crippen MR) is 109 cm³/mol. The van der Waals surface area contributed by atoms with Crippen molar-refractivity contribution < 1.29 is 14.3 Å². The fourth-order valence-corrected chi connectivity index (χ4v) is 8.39. The van der Waals surface area contributed by atoms with Crippen molar-refractivity contribution in [3.63, 3.8) is 0 Å². The Hall–Kier alpha value is -1.03. The summed E-state index contributed by atoms with van der Waals surface area (Å²) in [6.45, 7) is 12.2. The molecule has 1 saturated heterocycles. The van der Waals surface area contributed by atoms with Gasteiger partial charge in [0.15, 0.2) is 0 Å². The third-order valence-corrected chi connectivity index (χ3v) is 8.11. The molecule has 156 valence electrons. The second-order valence-corrected chi connectivity index (χ2v) is 12.5. The molecule has 28 heavy (non-hydrogen) atoms. The van der Waals surface area contributed by atoms with E-state index in [4.69, 9.17) is 9.47 Å². The van der Waals surface area contributed by atoms with Crippen LogP contribution in [-0.2, 0) is 9.47 Å². The number of carbonyl (C=O) groups excluding carboxylic acids is 1. The monoisotopic (exact) mass is 387 g/mol. The summed E-state index contributed by atoms with van der Waals surface area (Å²) in [6.07, 6.45) is 11.5. The van der Waals surface area contributed by atoms with Crippen molar-refractivity contribution in [3.8, 4) is 0 Å². The Bertz CT molecular complexity index is 702. The molecule has 0 radical (unpaired) electrons. The van der Waals surface area contributed by atoms with Gasteiger partial charge in [0.2, 0.25) is 0 Å². The summed E-state index contributed by atoms with van der Waals surface area (Å²) in [7, 11) is 0. The third-order valence-electron chi connectivity index (χ3n) is 8.11. The lowest BCUT2D eigenvalue weighted by Crippen LogP contribution is -2.60. The zero-order valence-electron chi connectivity index (χ0n) is 18.3. The second-order valence-electron chi connectivity index (χ2n) is 12.5. The molecule has 4 aliphatic carbocycles. The van der Waals surface area contributed by atoms with E-state index >= 15 is 0 Å². The molecule has 4 saturated carbocycles. The van der Waals surface area contributed by atoms with Crippen LogP contribution in [0.15, 0.2) is 11.6 Å². The fraction of sp³-hybridized carbons (Fsp3) is 0.875. The smallest absolute Gasteiger partial charge is 0.411 e. The molecule has 5 fully saturated rings. The molecule has 0 aromatic rings. The number of hydrogen-bond donors (Lipinski definition) is 0. The normalized spacial score (nSPS) is 47.1. The largest absolute Gasteiger partial charge is 0.444 e. The topological polar surface area (TPSA) is 38.8 Å². The number of morpholine rings is 1. The minimum absolute atomic E-state index is 0.0333. The first kappa shape index (κ1) is 19.0. The van der Waals surface area contributed by atoms with Gasteiger partial charge in [0.1, 0.15) is 5.60 Å². The Kier molecular flexibility index (Phi) is 3.91. The van der Waals surface area contributed by atoms with Crippen LogP contribution >= 0.6 is 0 Å². The SMILES string of the molecule is CC12CC3CC(C)(C1)CC(C1=CC4COCC(C1)N4C(=O)OC(C)(C)C)(C3)C2. The summed E-state index contributed by atoms with van der Waals surface area (Å²) in [5, 5.41) is 0. The molecular weight excluding hydrogens is 350 g/mol. The molecule has 0 aromatic heterocycles. The average molecular weight is 388 g/mol. The van der Waals surface area contributed by atoms with Gasteiger partial charge in [-0.2, -0.15) is 0 Å². The van der Waals surface area contributed by atoms with E-state index in [2.05, 4.69) is 19.9 Å². The van der Waals surface area contributed by atoms with Crippen molar-refractivity contribution in [2.45, 2.75) is 97.2 Å². The number of carbonyl (C=O) groups is 1. The lowest BCUT2D eigenvalue weighted by atomic mass is 9.39. The Morgan fingerprint density at radius 2 is 1.79 bits per heavy atom. The first-order valence-corrected chi connectivity index (χ1v) is 11.3. The first-order valence-electron chi connectivity index (χ1n) is 11.3. The van der Waals surface area contributed by atoms with Gasteiger partial charge in [0.05, 0.1) is 25.3 Å². The standard InChI is InChI=1S/C24H37NO3/c1-21(2,3)28-20(26)25-18-6-17(7-19(25)12-27-11-18)24-10-16-8-22(4,14-24)13-23(5,9-16)15-24/h6,16,18-19H,7-15H2,1-5H3. The summed E-state index contributed by atoms with van der Waals surface area (Å²) in [4.78, 5) is 14.9. The van der Waals surface area contributed by atoms with Crippen LogP contribution in [0.4, 0.5) is 4.79 Å². The minimum atomic E-state index is -0.459. The van der Waals surface area contributed by atoms with Crippen LogP contribution in [0.1, 0.15) is 79.6 Å². The van der Waals surface area contributed by atoms with Crippen LogP contribution in [-0.4, -0.2) is 41.9 Å².